The van der Waals surface area contributed by atoms with Crippen molar-refractivity contribution >= 4 is 5.91 Å². The second kappa shape index (κ2) is 7.82. The van der Waals surface area contributed by atoms with Gasteiger partial charge < -0.3 is 15.2 Å². The molecule has 1 aromatic heterocycles. The van der Waals surface area contributed by atoms with Crippen molar-refractivity contribution in [3.63, 3.8) is 0 Å². The molecule has 2 aromatic carbocycles. The van der Waals surface area contributed by atoms with E-state index in [9.17, 15) is 9.18 Å². The van der Waals surface area contributed by atoms with Crippen molar-refractivity contribution in [2.45, 2.75) is 6.42 Å². The molecule has 0 aliphatic carbocycles. The maximum atomic E-state index is 14.4. The molecule has 0 atom stereocenters. The van der Waals surface area contributed by atoms with Crippen molar-refractivity contribution in [2.75, 3.05) is 14.2 Å². The highest BCUT2D eigenvalue weighted by Crippen LogP contribution is 2.29. The second-order valence-corrected chi connectivity index (χ2v) is 5.78. The summed E-state index contributed by atoms with van der Waals surface area (Å²) in [5, 5.41) is 0. The van der Waals surface area contributed by atoms with E-state index in [4.69, 9.17) is 15.2 Å². The first kappa shape index (κ1) is 18.3. The topological polar surface area (TPSA) is 87.3 Å². The fourth-order valence-electron chi connectivity index (χ4n) is 2.79. The molecule has 0 saturated heterocycles. The lowest BCUT2D eigenvalue weighted by molar-refractivity contribution is 0.0997. The van der Waals surface area contributed by atoms with Gasteiger partial charge in [-0.25, -0.2) is 14.4 Å². The molecule has 0 aliphatic heterocycles. The summed E-state index contributed by atoms with van der Waals surface area (Å²) in [4.78, 5) is 20.1. The summed E-state index contributed by atoms with van der Waals surface area (Å²) >= 11 is 0. The monoisotopic (exact) mass is 367 g/mol. The number of nitrogens with two attached hydrogens (primary N) is 1. The van der Waals surface area contributed by atoms with Gasteiger partial charge in [-0.05, 0) is 29.8 Å². The fourth-order valence-corrected chi connectivity index (χ4v) is 2.79. The molecular weight excluding hydrogens is 349 g/mol. The van der Waals surface area contributed by atoms with Gasteiger partial charge in [-0.15, -0.1) is 0 Å². The fraction of sp³-hybridized carbons (Fsp3) is 0.150. The van der Waals surface area contributed by atoms with Gasteiger partial charge in [0.2, 0.25) is 0 Å². The Labute approximate surface area is 155 Å². The number of carbonyl (C=O) groups excluding carboxylic acids is 1. The minimum absolute atomic E-state index is 0.0983. The zero-order valence-electron chi connectivity index (χ0n) is 14.9. The Hall–Kier alpha value is -3.48. The van der Waals surface area contributed by atoms with Gasteiger partial charge in [0.25, 0.3) is 5.91 Å². The highest BCUT2D eigenvalue weighted by molar-refractivity contribution is 5.95. The van der Waals surface area contributed by atoms with Gasteiger partial charge in [0.15, 0.2) is 0 Å². The summed E-state index contributed by atoms with van der Waals surface area (Å²) in [6, 6.07) is 11.7. The predicted molar refractivity (Wildman–Crippen MR) is 98.3 cm³/mol. The number of ether oxygens (including phenoxy) is 2. The van der Waals surface area contributed by atoms with Crippen molar-refractivity contribution in [1.29, 1.82) is 0 Å². The van der Waals surface area contributed by atoms with Crippen LogP contribution in [-0.2, 0) is 6.42 Å². The Kier molecular flexibility index (Phi) is 5.30. The van der Waals surface area contributed by atoms with Crippen LogP contribution in [0.4, 0.5) is 4.39 Å². The molecule has 0 unspecified atom stereocenters. The second-order valence-electron chi connectivity index (χ2n) is 5.78. The van der Waals surface area contributed by atoms with Crippen molar-refractivity contribution in [3.8, 4) is 22.8 Å². The molecular formula is C20H18FN3O3. The first-order valence-electron chi connectivity index (χ1n) is 8.14. The third kappa shape index (κ3) is 3.87. The minimum Gasteiger partial charge on any atom is -0.496 e. The van der Waals surface area contributed by atoms with Crippen molar-refractivity contribution in [1.82, 2.24) is 9.97 Å². The van der Waals surface area contributed by atoms with Gasteiger partial charge in [0, 0.05) is 23.7 Å². The quantitative estimate of drug-likeness (QED) is 0.724. The largest absolute Gasteiger partial charge is 0.496 e. The molecule has 0 bridgehead atoms. The first-order chi connectivity index (χ1) is 13.0. The van der Waals surface area contributed by atoms with Gasteiger partial charge in [-0.3, -0.25) is 4.79 Å². The highest BCUT2D eigenvalue weighted by atomic mass is 19.1. The maximum Gasteiger partial charge on any atom is 0.252 e. The van der Waals surface area contributed by atoms with E-state index in [2.05, 4.69) is 9.97 Å². The number of aromatic nitrogens is 2. The Morgan fingerprint density at radius 1 is 1.07 bits per heavy atom. The number of carbonyl (C=O) groups is 1. The number of para-hydroxylation sites is 1. The summed E-state index contributed by atoms with van der Waals surface area (Å²) in [5.41, 5.74) is 7.80. The first-order valence-corrected chi connectivity index (χ1v) is 8.14. The Balaban J connectivity index is 1.98. The number of amides is 1. The predicted octanol–water partition coefficient (Wildman–Crippen LogP) is 2.99. The summed E-state index contributed by atoms with van der Waals surface area (Å²) in [5.74, 6) is -0.422. The molecule has 6 nitrogen and oxygen atoms in total. The molecule has 1 heterocycles. The van der Waals surface area contributed by atoms with Crippen LogP contribution in [0, 0.1) is 5.82 Å². The van der Waals surface area contributed by atoms with Crippen LogP contribution in [0.5, 0.6) is 11.5 Å². The summed E-state index contributed by atoms with van der Waals surface area (Å²) in [7, 11) is 2.93. The van der Waals surface area contributed by atoms with Crippen LogP contribution in [-0.4, -0.2) is 30.1 Å². The lowest BCUT2D eigenvalue weighted by atomic mass is 10.0. The van der Waals surface area contributed by atoms with E-state index < -0.39 is 11.7 Å². The molecule has 27 heavy (non-hydrogen) atoms. The Morgan fingerprint density at radius 3 is 2.52 bits per heavy atom. The molecule has 0 radical (unpaired) electrons. The number of primary amides is 1. The van der Waals surface area contributed by atoms with Crippen molar-refractivity contribution < 1.29 is 18.7 Å². The van der Waals surface area contributed by atoms with Crippen LogP contribution in [0.3, 0.4) is 0 Å². The zero-order valence-corrected chi connectivity index (χ0v) is 14.9. The standard InChI is InChI=1S/C20H18FN3O3/c1-26-18-6-4-3-5-14(18)17-9-13(23-11-24-17)7-12-8-15(20(22)25)19(27-2)10-16(12)21/h3-6,8-11H,7H2,1-2H3,(H2,22,25). The highest BCUT2D eigenvalue weighted by Gasteiger charge is 2.16. The van der Waals surface area contributed by atoms with Crippen LogP contribution in [0.15, 0.2) is 48.8 Å². The zero-order chi connectivity index (χ0) is 19.4. The SMILES string of the molecule is COc1cc(F)c(Cc2cc(-c3ccccc3OC)ncn2)cc1C(N)=O. The van der Waals surface area contributed by atoms with Crippen LogP contribution in [0.2, 0.25) is 0 Å². The van der Waals surface area contributed by atoms with Crippen LogP contribution >= 0.6 is 0 Å². The van der Waals surface area contributed by atoms with Crippen molar-refractivity contribution in [3.05, 3.63) is 71.4 Å². The van der Waals surface area contributed by atoms with Crippen LogP contribution in [0.25, 0.3) is 11.3 Å². The summed E-state index contributed by atoms with van der Waals surface area (Å²) < 4.78 is 24.8. The van der Waals surface area contributed by atoms with Crippen LogP contribution in [0.1, 0.15) is 21.6 Å². The molecule has 0 saturated carbocycles. The third-order valence-corrected chi connectivity index (χ3v) is 4.11. The van der Waals surface area contributed by atoms with E-state index in [-0.39, 0.29) is 23.3 Å². The van der Waals surface area contributed by atoms with Gasteiger partial charge >= 0.3 is 0 Å². The summed E-state index contributed by atoms with van der Waals surface area (Å²) in [6.45, 7) is 0. The molecule has 0 fully saturated rings. The van der Waals surface area contributed by atoms with E-state index in [0.29, 0.717) is 17.1 Å². The van der Waals surface area contributed by atoms with Crippen LogP contribution < -0.4 is 15.2 Å². The average molecular weight is 367 g/mol. The normalized spacial score (nSPS) is 10.5. The number of halogens is 1. The number of hydrogen-bond donors (Lipinski definition) is 1. The Bertz CT molecular complexity index is 992. The molecule has 3 rings (SSSR count). The van der Waals surface area contributed by atoms with E-state index >= 15 is 0 Å². The number of benzene rings is 2. The molecule has 3 aromatic rings. The molecule has 2 N–H and O–H groups in total. The average Bonchev–Trinajstić information content (AvgIpc) is 2.69. The molecule has 0 spiro atoms. The Morgan fingerprint density at radius 2 is 1.81 bits per heavy atom. The maximum absolute atomic E-state index is 14.4. The molecule has 0 aliphatic rings. The number of nitrogens with zero attached hydrogens (tertiary/aromatic N) is 2. The lowest BCUT2D eigenvalue weighted by Crippen LogP contribution is -2.14. The van der Waals surface area contributed by atoms with Gasteiger partial charge in [-0.2, -0.15) is 0 Å². The number of hydrogen-bond acceptors (Lipinski definition) is 5. The van der Waals surface area contributed by atoms with Gasteiger partial charge in [0.1, 0.15) is 23.6 Å². The molecule has 7 heteroatoms. The molecule has 1 amide bonds. The van der Waals surface area contributed by atoms with Gasteiger partial charge in [0.05, 0.1) is 25.5 Å². The lowest BCUT2D eigenvalue weighted by Gasteiger charge is -2.11. The van der Waals surface area contributed by atoms with E-state index in [1.807, 2.05) is 24.3 Å². The van der Waals surface area contributed by atoms with Gasteiger partial charge in [-0.1, -0.05) is 12.1 Å². The minimum atomic E-state index is -0.689. The van der Waals surface area contributed by atoms with E-state index in [0.717, 1.165) is 11.6 Å². The number of rotatable bonds is 6. The summed E-state index contributed by atoms with van der Waals surface area (Å²) in [6.07, 6.45) is 1.58. The smallest absolute Gasteiger partial charge is 0.252 e. The van der Waals surface area contributed by atoms with E-state index in [1.54, 1.807) is 13.2 Å². The number of methoxy groups -OCH3 is 2. The third-order valence-electron chi connectivity index (χ3n) is 4.11. The van der Waals surface area contributed by atoms with Crippen molar-refractivity contribution in [2.24, 2.45) is 5.73 Å². The van der Waals surface area contributed by atoms with E-state index in [1.165, 1.54) is 19.5 Å². The molecule has 138 valence electrons.